The smallest absolute Gasteiger partial charge is 0.316 e. The zero-order valence-corrected chi connectivity index (χ0v) is 3.09. The summed E-state index contributed by atoms with van der Waals surface area (Å²) >= 11 is 0. The fraction of sp³-hybridized carbons (Fsp3) is 0. The summed E-state index contributed by atoms with van der Waals surface area (Å²) in [6.45, 7) is 0. The van der Waals surface area contributed by atoms with E-state index in [1.165, 1.54) is 0 Å². The van der Waals surface area contributed by atoms with Crippen LogP contribution in [0.4, 0.5) is 0 Å². The molecule has 0 aromatic heterocycles. The van der Waals surface area contributed by atoms with Crippen molar-refractivity contribution in [2.45, 2.75) is 0 Å². The van der Waals surface area contributed by atoms with Crippen LogP contribution in [0.25, 0.3) is 0 Å². The van der Waals surface area contributed by atoms with Gasteiger partial charge in [0.1, 0.15) is 0 Å². The quantitative estimate of drug-likeness (QED) is 0.312. The maximum absolute atomic E-state index is 8.88. The fourth-order valence-electron chi connectivity index (χ4n) is 0. The zero-order chi connectivity index (χ0) is 4.50. The minimum atomic E-state index is -4.64. The van der Waals surface area contributed by atoms with Gasteiger partial charge in [-0.25, -0.2) is 4.57 Å². The van der Waals surface area contributed by atoms with E-state index in [1.54, 1.807) is 0 Å². The predicted molar refractivity (Wildman–Crippen MR) is 41.3 cm³/mol. The van der Waals surface area contributed by atoms with Gasteiger partial charge in [0.2, 0.25) is 0 Å². The molecule has 0 aromatic carbocycles. The number of phosphoric acid groups is 1. The van der Waals surface area contributed by atoms with Crippen LogP contribution in [0.5, 0.6) is 0 Å². The fourth-order valence-corrected chi connectivity index (χ4v) is 0. The van der Waals surface area contributed by atoms with Crippen LogP contribution in [0.15, 0.2) is 0 Å². The van der Waals surface area contributed by atoms with Gasteiger partial charge in [0, 0.05) is 0 Å². The van der Waals surface area contributed by atoms with Crippen molar-refractivity contribution in [2.24, 2.45) is 0 Å². The van der Waals surface area contributed by atoms with Crippen molar-refractivity contribution < 1.29 is 19.2 Å². The molecule has 0 bridgehead atoms. The first-order chi connectivity index (χ1) is 2.00. The second-order valence-electron chi connectivity index (χ2n) is 0.513. The molecular formula is H10BBaMgO4P. The van der Waals surface area contributed by atoms with Crippen LogP contribution in [0.3, 0.4) is 0 Å². The molecule has 0 aromatic rings. The van der Waals surface area contributed by atoms with Crippen molar-refractivity contribution >= 4 is 88.2 Å². The number of hydrogen-bond acceptors (Lipinski definition) is 1. The van der Waals surface area contributed by atoms with Gasteiger partial charge in [-0.2, -0.15) is 0 Å². The van der Waals surface area contributed by atoms with Crippen molar-refractivity contribution in [3.8, 4) is 0 Å². The minimum Gasteiger partial charge on any atom is 0.316 e. The molecule has 0 spiro atoms. The summed E-state index contributed by atoms with van der Waals surface area (Å²) < 4.78 is 8.88. The Morgan fingerprint density at radius 2 is 1.12 bits per heavy atom. The van der Waals surface area contributed by atoms with E-state index in [1.807, 2.05) is 0 Å². The Morgan fingerprint density at radius 3 is 1.12 bits per heavy atom. The molecular weight excluding hydrogens is 267 g/mol. The SMILES string of the molecule is B.O=P(O)(O)O.[BaH2].[MgH2]. The Balaban J connectivity index is -0.0000000267. The van der Waals surface area contributed by atoms with Crippen molar-refractivity contribution in [3.63, 3.8) is 0 Å². The van der Waals surface area contributed by atoms with Crippen molar-refractivity contribution in [1.29, 1.82) is 0 Å². The molecule has 46 valence electrons. The van der Waals surface area contributed by atoms with E-state index in [4.69, 9.17) is 19.2 Å². The summed E-state index contributed by atoms with van der Waals surface area (Å²) in [5.41, 5.74) is 0. The standard InChI is InChI=1S/BH3.Ba.Mg.H3O4P.4H/c;;;1-5(2,3)4;;;;/h1H3;;;(H3,1,2,3,4);;;;. The van der Waals surface area contributed by atoms with Crippen LogP contribution in [0.1, 0.15) is 0 Å². The van der Waals surface area contributed by atoms with Crippen LogP contribution in [-0.2, 0) is 4.57 Å². The molecule has 0 saturated heterocycles. The molecule has 0 amide bonds. The molecule has 8 heavy (non-hydrogen) atoms. The van der Waals surface area contributed by atoms with Crippen LogP contribution >= 0.6 is 7.82 Å². The third-order valence-corrected chi connectivity index (χ3v) is 0. The normalized spacial score (nSPS) is 7.38. The summed E-state index contributed by atoms with van der Waals surface area (Å²) in [7, 11) is -4.64. The van der Waals surface area contributed by atoms with E-state index >= 15 is 0 Å². The number of hydrogen-bond donors (Lipinski definition) is 3. The molecule has 0 rings (SSSR count). The zero-order valence-electron chi connectivity index (χ0n) is 2.20. The average molecular weight is 277 g/mol. The van der Waals surface area contributed by atoms with Gasteiger partial charge in [-0.3, -0.25) is 0 Å². The topological polar surface area (TPSA) is 77.8 Å². The Labute approximate surface area is 105 Å². The van der Waals surface area contributed by atoms with E-state index < -0.39 is 7.82 Å². The molecule has 4 nitrogen and oxygen atoms in total. The van der Waals surface area contributed by atoms with Gasteiger partial charge in [0.05, 0.1) is 8.41 Å². The second kappa shape index (κ2) is 9.51. The van der Waals surface area contributed by atoms with Gasteiger partial charge in [-0.05, 0) is 0 Å². The first kappa shape index (κ1) is 22.4. The Bertz CT molecular complexity index is 62.2. The van der Waals surface area contributed by atoms with Gasteiger partial charge in [-0.15, -0.1) is 0 Å². The molecule has 8 heteroatoms. The molecule has 0 aliphatic rings. The summed E-state index contributed by atoms with van der Waals surface area (Å²) in [5.74, 6) is 0. The summed E-state index contributed by atoms with van der Waals surface area (Å²) in [6, 6.07) is 0. The van der Waals surface area contributed by atoms with E-state index in [9.17, 15) is 0 Å². The maximum atomic E-state index is 8.88. The van der Waals surface area contributed by atoms with Crippen LogP contribution in [-0.4, -0.2) is 95.0 Å². The largest absolute Gasteiger partial charge is 0.316 e. The third-order valence-electron chi connectivity index (χ3n) is 0. The monoisotopic (exact) mass is 278 g/mol. The Hall–Kier alpha value is 2.51. The van der Waals surface area contributed by atoms with E-state index in [0.29, 0.717) is 0 Å². The molecule has 0 unspecified atom stereocenters. The minimum absolute atomic E-state index is 0. The van der Waals surface area contributed by atoms with Gasteiger partial charge in [0.15, 0.2) is 0 Å². The van der Waals surface area contributed by atoms with Gasteiger partial charge in [0.25, 0.3) is 0 Å². The predicted octanol–water partition coefficient (Wildman–Crippen LogP) is -3.94. The summed E-state index contributed by atoms with van der Waals surface area (Å²) in [4.78, 5) is 21.6. The summed E-state index contributed by atoms with van der Waals surface area (Å²) in [6.07, 6.45) is 0. The molecule has 0 aliphatic carbocycles. The molecule has 0 aliphatic heterocycles. The van der Waals surface area contributed by atoms with E-state index in [0.717, 1.165) is 0 Å². The third kappa shape index (κ3) is 76.1. The molecule has 0 heterocycles. The molecule has 0 fully saturated rings. The summed E-state index contributed by atoms with van der Waals surface area (Å²) in [5, 5.41) is 0. The Morgan fingerprint density at radius 1 is 1.12 bits per heavy atom. The van der Waals surface area contributed by atoms with Crippen molar-refractivity contribution in [3.05, 3.63) is 0 Å². The van der Waals surface area contributed by atoms with Gasteiger partial charge >= 0.3 is 79.8 Å². The van der Waals surface area contributed by atoms with Gasteiger partial charge in [-0.1, -0.05) is 0 Å². The molecule has 0 radical (unpaired) electrons. The van der Waals surface area contributed by atoms with Crippen LogP contribution in [0.2, 0.25) is 0 Å². The first-order valence-electron chi connectivity index (χ1n) is 0.783. The molecule has 0 atom stereocenters. The van der Waals surface area contributed by atoms with E-state index in [2.05, 4.69) is 0 Å². The second-order valence-corrected chi connectivity index (χ2v) is 1.54. The average Bonchev–Trinajstić information content (AvgIpc) is 0.722. The van der Waals surface area contributed by atoms with Crippen molar-refractivity contribution in [1.82, 2.24) is 0 Å². The van der Waals surface area contributed by atoms with Crippen LogP contribution in [0, 0.1) is 0 Å². The van der Waals surface area contributed by atoms with Crippen LogP contribution < -0.4 is 0 Å². The molecule has 0 saturated carbocycles. The van der Waals surface area contributed by atoms with Gasteiger partial charge < -0.3 is 14.7 Å². The van der Waals surface area contributed by atoms with E-state index in [-0.39, 0.29) is 80.3 Å². The maximum Gasteiger partial charge on any atom is 0.316 e. The molecule has 3 N–H and O–H groups in total. The van der Waals surface area contributed by atoms with Crippen molar-refractivity contribution in [2.75, 3.05) is 0 Å². The number of rotatable bonds is 0. The first-order valence-corrected chi connectivity index (χ1v) is 2.35. The Kier molecular flexibility index (Phi) is 26.7.